The van der Waals surface area contributed by atoms with Gasteiger partial charge >= 0.3 is 0 Å². The molecule has 1 aliphatic carbocycles. The highest BCUT2D eigenvalue weighted by Gasteiger charge is 2.47. The van der Waals surface area contributed by atoms with Crippen molar-refractivity contribution in [2.45, 2.75) is 42.0 Å². The maximum Gasteiger partial charge on any atom is 0.164 e. The Bertz CT molecular complexity index is 493. The first-order chi connectivity index (χ1) is 9.71. The van der Waals surface area contributed by atoms with Crippen molar-refractivity contribution >= 4 is 15.9 Å². The number of hydrogen-bond acceptors (Lipinski definition) is 3. The number of piperidine rings is 1. The number of methoxy groups -OCH3 is 2. The lowest BCUT2D eigenvalue weighted by molar-refractivity contribution is 0.185. The molecule has 20 heavy (non-hydrogen) atoms. The van der Waals surface area contributed by atoms with Gasteiger partial charge in [0.15, 0.2) is 11.5 Å². The van der Waals surface area contributed by atoms with Crippen molar-refractivity contribution in [2.75, 3.05) is 20.8 Å². The summed E-state index contributed by atoms with van der Waals surface area (Å²) in [6.45, 7) is 1.02. The second kappa shape index (κ2) is 5.57. The zero-order chi connectivity index (χ0) is 14.2. The molecule has 2 bridgehead atoms. The van der Waals surface area contributed by atoms with Gasteiger partial charge in [-0.3, -0.25) is 0 Å². The van der Waals surface area contributed by atoms with E-state index in [4.69, 9.17) is 9.47 Å². The Hall–Kier alpha value is -0.740. The van der Waals surface area contributed by atoms with Crippen LogP contribution in [0.4, 0.5) is 0 Å². The van der Waals surface area contributed by atoms with E-state index in [0.29, 0.717) is 10.9 Å². The molecule has 1 aromatic rings. The molecule has 1 heterocycles. The second-order valence-corrected chi connectivity index (χ2v) is 6.97. The van der Waals surface area contributed by atoms with Crippen LogP contribution < -0.4 is 14.8 Å². The molecule has 1 aromatic carbocycles. The van der Waals surface area contributed by atoms with Gasteiger partial charge in [-0.15, -0.1) is 0 Å². The van der Waals surface area contributed by atoms with Crippen molar-refractivity contribution in [3.63, 3.8) is 0 Å². The number of hydrogen-bond donors (Lipinski definition) is 1. The van der Waals surface area contributed by atoms with E-state index in [1.54, 1.807) is 14.2 Å². The predicted molar refractivity (Wildman–Crippen MR) is 84.2 cm³/mol. The highest BCUT2D eigenvalue weighted by molar-refractivity contribution is 9.09. The van der Waals surface area contributed by atoms with E-state index in [0.717, 1.165) is 18.0 Å². The third-order valence-corrected chi connectivity index (χ3v) is 6.11. The molecule has 0 spiro atoms. The molecule has 0 amide bonds. The Balaban J connectivity index is 2.10. The Kier molecular flexibility index (Phi) is 3.95. The Morgan fingerprint density at radius 3 is 2.90 bits per heavy atom. The monoisotopic (exact) mass is 339 g/mol. The van der Waals surface area contributed by atoms with Gasteiger partial charge in [-0.2, -0.15) is 0 Å². The average molecular weight is 340 g/mol. The summed E-state index contributed by atoms with van der Waals surface area (Å²) in [5.41, 5.74) is 1.46. The fourth-order valence-electron chi connectivity index (χ4n) is 3.92. The predicted octanol–water partition coefficient (Wildman–Crippen LogP) is 3.25. The van der Waals surface area contributed by atoms with Gasteiger partial charge in [0.2, 0.25) is 0 Å². The molecule has 2 aliphatic rings. The zero-order valence-electron chi connectivity index (χ0n) is 12.1. The van der Waals surface area contributed by atoms with Crippen molar-refractivity contribution in [1.29, 1.82) is 0 Å². The Morgan fingerprint density at radius 2 is 2.15 bits per heavy atom. The summed E-state index contributed by atoms with van der Waals surface area (Å²) < 4.78 is 11.2. The minimum Gasteiger partial charge on any atom is -0.493 e. The first kappa shape index (κ1) is 14.2. The van der Waals surface area contributed by atoms with Crippen molar-refractivity contribution in [3.05, 3.63) is 23.8 Å². The summed E-state index contributed by atoms with van der Waals surface area (Å²) >= 11 is 3.92. The number of alkyl halides is 1. The molecule has 0 aromatic heterocycles. The number of halogens is 1. The van der Waals surface area contributed by atoms with Gasteiger partial charge < -0.3 is 14.8 Å². The number of nitrogens with one attached hydrogen (secondary N) is 1. The first-order valence-electron chi connectivity index (χ1n) is 7.30. The lowest BCUT2D eigenvalue weighted by Crippen LogP contribution is -2.56. The van der Waals surface area contributed by atoms with E-state index < -0.39 is 0 Å². The number of para-hydroxylation sites is 1. The number of ether oxygens (including phenoxy) is 2. The molecule has 1 aliphatic heterocycles. The van der Waals surface area contributed by atoms with Crippen molar-refractivity contribution < 1.29 is 9.47 Å². The van der Waals surface area contributed by atoms with Gasteiger partial charge in [-0.05, 0) is 25.3 Å². The molecular formula is C16H22BrNO2. The van der Waals surface area contributed by atoms with Gasteiger partial charge in [0.05, 0.1) is 14.2 Å². The molecular weight excluding hydrogens is 318 g/mol. The molecule has 3 atom stereocenters. The maximum absolute atomic E-state index is 5.69. The van der Waals surface area contributed by atoms with Gasteiger partial charge in [0, 0.05) is 28.4 Å². The smallest absolute Gasteiger partial charge is 0.164 e. The van der Waals surface area contributed by atoms with Crippen LogP contribution in [0.5, 0.6) is 11.5 Å². The fourth-order valence-corrected chi connectivity index (χ4v) is 4.77. The minimum atomic E-state index is 0.161. The lowest BCUT2D eigenvalue weighted by atomic mass is 9.63. The molecule has 4 heteroatoms. The van der Waals surface area contributed by atoms with Crippen molar-refractivity contribution in [2.24, 2.45) is 0 Å². The van der Waals surface area contributed by atoms with E-state index >= 15 is 0 Å². The number of benzene rings is 1. The molecule has 3 nitrogen and oxygen atoms in total. The molecule has 1 saturated carbocycles. The van der Waals surface area contributed by atoms with Crippen LogP contribution in [0.3, 0.4) is 0 Å². The normalized spacial score (nSPS) is 32.8. The van der Waals surface area contributed by atoms with Gasteiger partial charge in [0.25, 0.3) is 0 Å². The van der Waals surface area contributed by atoms with Gasteiger partial charge in [-0.1, -0.05) is 34.5 Å². The number of rotatable bonds is 3. The molecule has 3 rings (SSSR count). The summed E-state index contributed by atoms with van der Waals surface area (Å²) in [5, 5.41) is 3.64. The lowest BCUT2D eigenvalue weighted by Gasteiger charge is -2.49. The van der Waals surface area contributed by atoms with Gasteiger partial charge in [-0.25, -0.2) is 0 Å². The van der Waals surface area contributed by atoms with Crippen LogP contribution in [0.25, 0.3) is 0 Å². The van der Waals surface area contributed by atoms with Crippen LogP contribution in [0.2, 0.25) is 0 Å². The van der Waals surface area contributed by atoms with E-state index in [2.05, 4.69) is 33.4 Å². The quantitative estimate of drug-likeness (QED) is 0.857. The standard InChI is InChI=1S/C16H22BrNO2/c1-19-13-7-3-6-12(15(13)20-2)16-8-4-5-11(9-16)18-10-14(16)17/h3,6-7,11,14,18H,4-5,8-10H2,1-2H3. The van der Waals surface area contributed by atoms with E-state index in [-0.39, 0.29) is 5.41 Å². The summed E-state index contributed by atoms with van der Waals surface area (Å²) in [4.78, 5) is 0.438. The summed E-state index contributed by atoms with van der Waals surface area (Å²) in [7, 11) is 3.44. The number of fused-ring (bicyclic) bond motifs is 2. The van der Waals surface area contributed by atoms with Crippen LogP contribution in [0, 0.1) is 0 Å². The van der Waals surface area contributed by atoms with Crippen LogP contribution in [-0.2, 0) is 5.41 Å². The maximum atomic E-state index is 5.69. The van der Waals surface area contributed by atoms with E-state index in [1.165, 1.54) is 31.2 Å². The largest absolute Gasteiger partial charge is 0.493 e. The molecule has 3 unspecified atom stereocenters. The third-order valence-electron chi connectivity index (χ3n) is 4.91. The second-order valence-electron chi connectivity index (χ2n) is 5.87. The summed E-state index contributed by atoms with van der Waals surface area (Å²) in [5.74, 6) is 1.74. The Labute approximate surface area is 129 Å². The van der Waals surface area contributed by atoms with E-state index in [9.17, 15) is 0 Å². The zero-order valence-corrected chi connectivity index (χ0v) is 13.7. The molecule has 2 fully saturated rings. The molecule has 1 N–H and O–H groups in total. The first-order valence-corrected chi connectivity index (χ1v) is 8.22. The molecule has 1 saturated heterocycles. The minimum absolute atomic E-state index is 0.161. The third kappa shape index (κ3) is 2.13. The summed E-state index contributed by atoms with van der Waals surface area (Å²) in [6, 6.07) is 6.90. The van der Waals surface area contributed by atoms with Crippen LogP contribution in [-0.4, -0.2) is 31.6 Å². The summed E-state index contributed by atoms with van der Waals surface area (Å²) in [6.07, 6.45) is 4.94. The topological polar surface area (TPSA) is 30.5 Å². The van der Waals surface area contributed by atoms with Crippen LogP contribution in [0.15, 0.2) is 18.2 Å². The molecule has 110 valence electrons. The van der Waals surface area contributed by atoms with Crippen LogP contribution >= 0.6 is 15.9 Å². The highest BCUT2D eigenvalue weighted by Crippen LogP contribution is 2.51. The van der Waals surface area contributed by atoms with Crippen molar-refractivity contribution in [3.8, 4) is 11.5 Å². The van der Waals surface area contributed by atoms with Gasteiger partial charge in [0.1, 0.15) is 0 Å². The fraction of sp³-hybridized carbons (Fsp3) is 0.625. The highest BCUT2D eigenvalue weighted by atomic mass is 79.9. The Morgan fingerprint density at radius 1 is 1.30 bits per heavy atom. The van der Waals surface area contributed by atoms with Crippen LogP contribution in [0.1, 0.15) is 31.2 Å². The SMILES string of the molecule is COc1cccc(C23CCCC(C2)NCC3Br)c1OC. The van der Waals surface area contributed by atoms with E-state index in [1.807, 2.05) is 6.07 Å². The molecule has 0 radical (unpaired) electrons. The average Bonchev–Trinajstić information content (AvgIpc) is 2.50. The van der Waals surface area contributed by atoms with Crippen molar-refractivity contribution in [1.82, 2.24) is 5.32 Å².